The van der Waals surface area contributed by atoms with E-state index in [9.17, 15) is 26.3 Å². The molecule has 0 bridgehead atoms. The summed E-state index contributed by atoms with van der Waals surface area (Å²) in [7, 11) is 4.18. The summed E-state index contributed by atoms with van der Waals surface area (Å²) in [5.74, 6) is -5.51. The molecule has 1 atom stereocenters. The number of benzene rings is 1. The van der Waals surface area contributed by atoms with E-state index >= 15 is 0 Å². The number of carbonyl (C=O) groups is 2. The fourth-order valence-corrected chi connectivity index (χ4v) is 2.94. The van der Waals surface area contributed by atoms with Gasteiger partial charge in [0, 0.05) is 25.8 Å². The van der Waals surface area contributed by atoms with Gasteiger partial charge in [0.2, 0.25) is 0 Å². The van der Waals surface area contributed by atoms with Crippen LogP contribution in [0.2, 0.25) is 0 Å². The Hall–Kier alpha value is -2.50. The van der Waals surface area contributed by atoms with Crippen molar-refractivity contribution >= 4 is 17.6 Å². The van der Waals surface area contributed by atoms with Crippen LogP contribution in [0.15, 0.2) is 24.3 Å². The Labute approximate surface area is 188 Å². The van der Waals surface area contributed by atoms with Gasteiger partial charge in [-0.25, -0.2) is 9.59 Å². The Morgan fingerprint density at radius 3 is 1.79 bits per heavy atom. The van der Waals surface area contributed by atoms with Gasteiger partial charge in [0.25, 0.3) is 0 Å². The van der Waals surface area contributed by atoms with E-state index in [0.29, 0.717) is 0 Å². The molecule has 6 nitrogen and oxygen atoms in total. The van der Waals surface area contributed by atoms with Crippen LogP contribution in [0.4, 0.5) is 32.0 Å². The number of piperidine rings is 1. The lowest BCUT2D eigenvalue weighted by atomic mass is 10.0. The minimum Gasteiger partial charge on any atom is -0.475 e. The Balaban J connectivity index is 0.000000605. The first-order valence-corrected chi connectivity index (χ1v) is 10.2. The number of carboxylic acids is 2. The van der Waals surface area contributed by atoms with Gasteiger partial charge in [-0.1, -0.05) is 18.6 Å². The normalized spacial score (nSPS) is 16.6. The smallest absolute Gasteiger partial charge is 0.475 e. The first-order valence-electron chi connectivity index (χ1n) is 10.2. The lowest BCUT2D eigenvalue weighted by Crippen LogP contribution is -2.38. The molecule has 0 saturated carbocycles. The van der Waals surface area contributed by atoms with Crippen LogP contribution in [0, 0.1) is 0 Å². The predicted octanol–water partition coefficient (Wildman–Crippen LogP) is 4.83. The highest BCUT2D eigenvalue weighted by molar-refractivity contribution is 5.73. The second-order valence-corrected chi connectivity index (χ2v) is 7.65. The molecule has 2 rings (SSSR count). The number of aryl methyl sites for hydroxylation is 1. The summed E-state index contributed by atoms with van der Waals surface area (Å²) in [6.45, 7) is 4.95. The van der Waals surface area contributed by atoms with E-state index in [4.69, 9.17) is 19.8 Å². The molecule has 0 aliphatic carbocycles. The van der Waals surface area contributed by atoms with Crippen molar-refractivity contribution in [2.24, 2.45) is 0 Å². The molecule has 12 heteroatoms. The average molecular weight is 488 g/mol. The molecule has 1 heterocycles. The van der Waals surface area contributed by atoms with Crippen molar-refractivity contribution < 1.29 is 46.1 Å². The second-order valence-electron chi connectivity index (χ2n) is 7.65. The molecular weight excluding hydrogens is 458 g/mol. The summed E-state index contributed by atoms with van der Waals surface area (Å²) in [4.78, 5) is 22.6. The van der Waals surface area contributed by atoms with E-state index < -0.39 is 24.3 Å². The highest BCUT2D eigenvalue weighted by Gasteiger charge is 2.38. The van der Waals surface area contributed by atoms with Crippen molar-refractivity contribution in [3.8, 4) is 0 Å². The van der Waals surface area contributed by atoms with Gasteiger partial charge in [-0.3, -0.25) is 0 Å². The summed E-state index contributed by atoms with van der Waals surface area (Å²) < 4.78 is 63.5. The zero-order valence-corrected chi connectivity index (χ0v) is 18.7. The summed E-state index contributed by atoms with van der Waals surface area (Å²) in [6, 6.07) is 9.78. The number of aliphatic carboxylic acids is 2. The van der Waals surface area contributed by atoms with Crippen LogP contribution in [0.3, 0.4) is 0 Å². The number of likely N-dealkylation sites (tertiary alicyclic amines) is 1. The quantitative estimate of drug-likeness (QED) is 0.579. The van der Waals surface area contributed by atoms with Crippen LogP contribution in [-0.2, 0) is 16.0 Å². The second kappa shape index (κ2) is 13.9. The number of nitrogens with zero attached hydrogens (tertiary/aromatic N) is 2. The number of halogens is 6. The van der Waals surface area contributed by atoms with Crippen LogP contribution >= 0.6 is 0 Å². The summed E-state index contributed by atoms with van der Waals surface area (Å²) in [5.41, 5.74) is 2.75. The van der Waals surface area contributed by atoms with E-state index in [1.54, 1.807) is 0 Å². The van der Waals surface area contributed by atoms with Gasteiger partial charge in [0.1, 0.15) is 0 Å². The zero-order chi connectivity index (χ0) is 25.8. The molecule has 1 fully saturated rings. The van der Waals surface area contributed by atoms with Crippen molar-refractivity contribution in [1.82, 2.24) is 4.90 Å². The first-order chi connectivity index (χ1) is 15.1. The van der Waals surface area contributed by atoms with Gasteiger partial charge in [-0.15, -0.1) is 0 Å². The Morgan fingerprint density at radius 2 is 1.42 bits per heavy atom. The van der Waals surface area contributed by atoms with Crippen LogP contribution < -0.4 is 4.90 Å². The maximum Gasteiger partial charge on any atom is 0.490 e. The van der Waals surface area contributed by atoms with E-state index in [0.717, 1.165) is 6.04 Å². The molecule has 0 radical (unpaired) electrons. The monoisotopic (exact) mass is 488 g/mol. The van der Waals surface area contributed by atoms with Gasteiger partial charge in [-0.2, -0.15) is 26.3 Å². The maximum absolute atomic E-state index is 10.6. The number of hydrogen-bond acceptors (Lipinski definition) is 4. The molecule has 0 aromatic heterocycles. The third kappa shape index (κ3) is 13.6. The first kappa shape index (κ1) is 30.5. The summed E-state index contributed by atoms with van der Waals surface area (Å²) in [5, 5.41) is 14.2. The van der Waals surface area contributed by atoms with E-state index in [2.05, 4.69) is 55.1 Å². The molecular formula is C21H30F6N2O4. The molecule has 2 N–H and O–H groups in total. The minimum atomic E-state index is -5.08. The lowest BCUT2D eigenvalue weighted by Gasteiger charge is -2.33. The summed E-state index contributed by atoms with van der Waals surface area (Å²) >= 11 is 0. The molecule has 1 aromatic rings. The van der Waals surface area contributed by atoms with Gasteiger partial charge in [0.05, 0.1) is 0 Å². The third-order valence-electron chi connectivity index (χ3n) is 4.79. The number of alkyl halides is 6. The maximum atomic E-state index is 10.6. The fourth-order valence-electron chi connectivity index (χ4n) is 2.94. The standard InChI is InChI=1S/C17H28N2.2C2HF3O2/c1-15-7-4-5-13-19(15)14-6-8-16-9-11-17(12-10-16)18(2)3;2*3-2(4,5)1(6)7/h9-12,15H,4-8,13-14H2,1-3H3;2*(H,6,7). The van der Waals surface area contributed by atoms with Crippen molar-refractivity contribution in [2.75, 3.05) is 32.1 Å². The average Bonchev–Trinajstić information content (AvgIpc) is 2.69. The van der Waals surface area contributed by atoms with Gasteiger partial charge in [-0.05, 0) is 63.4 Å². The van der Waals surface area contributed by atoms with E-state index in [1.165, 1.54) is 56.4 Å². The van der Waals surface area contributed by atoms with E-state index in [1.807, 2.05) is 0 Å². The molecule has 1 aromatic carbocycles. The predicted molar refractivity (Wildman–Crippen MR) is 111 cm³/mol. The molecule has 1 saturated heterocycles. The molecule has 1 unspecified atom stereocenters. The van der Waals surface area contributed by atoms with Gasteiger partial charge in [0.15, 0.2) is 0 Å². The Kier molecular flexibility index (Phi) is 12.9. The van der Waals surface area contributed by atoms with Crippen molar-refractivity contribution in [1.29, 1.82) is 0 Å². The van der Waals surface area contributed by atoms with Crippen molar-refractivity contribution in [3.63, 3.8) is 0 Å². The third-order valence-corrected chi connectivity index (χ3v) is 4.79. The summed E-state index contributed by atoms with van der Waals surface area (Å²) in [6.07, 6.45) is -3.48. The zero-order valence-electron chi connectivity index (χ0n) is 18.7. The number of rotatable bonds is 5. The minimum absolute atomic E-state index is 0.796. The van der Waals surface area contributed by atoms with Gasteiger partial charge < -0.3 is 20.0 Å². The fraction of sp³-hybridized carbons (Fsp3) is 0.619. The van der Waals surface area contributed by atoms with Crippen molar-refractivity contribution in [2.45, 2.75) is 57.4 Å². The largest absolute Gasteiger partial charge is 0.490 e. The van der Waals surface area contributed by atoms with Crippen LogP contribution in [0.25, 0.3) is 0 Å². The molecule has 0 spiro atoms. The molecule has 0 amide bonds. The van der Waals surface area contributed by atoms with E-state index in [-0.39, 0.29) is 0 Å². The Morgan fingerprint density at radius 1 is 0.970 bits per heavy atom. The number of anilines is 1. The molecule has 1 aliphatic heterocycles. The SMILES string of the molecule is CC1CCCCN1CCCc1ccc(N(C)C)cc1.O=C(O)C(F)(F)F.O=C(O)C(F)(F)F. The Bertz CT molecular complexity index is 697. The molecule has 1 aliphatic rings. The topological polar surface area (TPSA) is 81.1 Å². The molecule has 190 valence electrons. The number of hydrogen-bond donors (Lipinski definition) is 2. The van der Waals surface area contributed by atoms with Gasteiger partial charge >= 0.3 is 24.3 Å². The number of carboxylic acid groups (broad SMARTS) is 2. The highest BCUT2D eigenvalue weighted by Crippen LogP contribution is 2.18. The molecule has 33 heavy (non-hydrogen) atoms. The van der Waals surface area contributed by atoms with Crippen LogP contribution in [0.5, 0.6) is 0 Å². The highest BCUT2D eigenvalue weighted by atomic mass is 19.4. The van der Waals surface area contributed by atoms with Crippen LogP contribution in [-0.4, -0.2) is 72.6 Å². The van der Waals surface area contributed by atoms with Crippen LogP contribution in [0.1, 0.15) is 38.2 Å². The van der Waals surface area contributed by atoms with Crippen molar-refractivity contribution in [3.05, 3.63) is 29.8 Å². The lowest BCUT2D eigenvalue weighted by molar-refractivity contribution is -0.193.